The number of aromatic nitrogens is 1. The highest BCUT2D eigenvalue weighted by atomic mass is 35.5. The third-order valence-electron chi connectivity index (χ3n) is 6.97. The van der Waals surface area contributed by atoms with Crippen LogP contribution in [0, 0.1) is 6.92 Å². The topological polar surface area (TPSA) is 57.7 Å². The van der Waals surface area contributed by atoms with Gasteiger partial charge in [0, 0.05) is 18.1 Å². The minimum Gasteiger partial charge on any atom is -1.00 e. The van der Waals surface area contributed by atoms with Gasteiger partial charge in [-0.1, -0.05) is 54.6 Å². The van der Waals surface area contributed by atoms with Crippen LogP contribution in [0.1, 0.15) is 43.3 Å². The summed E-state index contributed by atoms with van der Waals surface area (Å²) in [5.74, 6) is -0.683. The number of carbonyl (C=O) groups excluding carboxylic acids is 1. The van der Waals surface area contributed by atoms with E-state index < -0.39 is 13.0 Å². The molecule has 2 heterocycles. The maximum absolute atomic E-state index is 12.0. The third kappa shape index (κ3) is 5.92. The van der Waals surface area contributed by atoms with Crippen LogP contribution in [-0.2, 0) is 33.6 Å². The van der Waals surface area contributed by atoms with E-state index in [-0.39, 0.29) is 25.0 Å². The fraction of sp³-hybridized carbons (Fsp3) is 0.250. The van der Waals surface area contributed by atoms with Crippen molar-refractivity contribution in [3.05, 3.63) is 114 Å². The molecule has 4 aromatic rings. The van der Waals surface area contributed by atoms with E-state index in [0.29, 0.717) is 24.2 Å². The fourth-order valence-corrected chi connectivity index (χ4v) is 9.31. The van der Waals surface area contributed by atoms with E-state index in [4.69, 9.17) is 19.2 Å². The maximum Gasteiger partial charge on any atom is 0.308 e. The van der Waals surface area contributed by atoms with Gasteiger partial charge in [-0.25, -0.2) is 4.98 Å². The minimum absolute atomic E-state index is 0. The van der Waals surface area contributed by atoms with Gasteiger partial charge < -0.3 is 26.6 Å². The Hall–Kier alpha value is -3.08. The van der Waals surface area contributed by atoms with Crippen LogP contribution in [0.5, 0.6) is 5.75 Å². The predicted molar refractivity (Wildman–Crippen MR) is 153 cm³/mol. The molecule has 3 aromatic carbocycles. The Balaban J connectivity index is 0.00000353. The molecule has 0 unspecified atom stereocenters. The Morgan fingerprint density at radius 3 is 1.69 bits per heavy atom. The van der Waals surface area contributed by atoms with Crippen molar-refractivity contribution in [3.63, 3.8) is 0 Å². The Morgan fingerprint density at radius 2 is 1.26 bits per heavy atom. The SMILES string of the molecule is CC(=O)Oc1c(C)nc(C[P+](c2ccccc2)(c2ccccc2)c2ccccc2)c2c1COC(C)(C)OC2.[Cl-]. The molecule has 1 aromatic heterocycles. The monoisotopic (exact) mass is 561 g/mol. The number of esters is 1. The first-order valence-corrected chi connectivity index (χ1v) is 14.8. The smallest absolute Gasteiger partial charge is 0.308 e. The van der Waals surface area contributed by atoms with Crippen LogP contribution in [0.3, 0.4) is 0 Å². The number of hydrogen-bond acceptors (Lipinski definition) is 5. The molecular weight excluding hydrogens is 529 g/mol. The molecule has 202 valence electrons. The van der Waals surface area contributed by atoms with Crippen molar-refractivity contribution in [2.75, 3.05) is 0 Å². The Morgan fingerprint density at radius 1 is 0.821 bits per heavy atom. The summed E-state index contributed by atoms with van der Waals surface area (Å²) >= 11 is 0. The number of pyridine rings is 1. The van der Waals surface area contributed by atoms with E-state index in [9.17, 15) is 4.79 Å². The second-order valence-electron chi connectivity index (χ2n) is 9.98. The molecule has 0 saturated carbocycles. The lowest BCUT2D eigenvalue weighted by Crippen LogP contribution is -3.00. The number of rotatable bonds is 6. The molecule has 0 aliphatic carbocycles. The van der Waals surface area contributed by atoms with Crippen LogP contribution in [0.2, 0.25) is 0 Å². The number of benzene rings is 3. The normalized spacial score (nSPS) is 14.5. The minimum atomic E-state index is -2.20. The highest BCUT2D eigenvalue weighted by molar-refractivity contribution is 7.95. The molecule has 0 N–H and O–H groups in total. The lowest BCUT2D eigenvalue weighted by molar-refractivity contribution is -0.219. The number of carbonyl (C=O) groups is 1. The molecule has 0 saturated heterocycles. The largest absolute Gasteiger partial charge is 1.00 e. The van der Waals surface area contributed by atoms with Gasteiger partial charge in [-0.15, -0.1) is 0 Å². The molecule has 0 spiro atoms. The van der Waals surface area contributed by atoms with Crippen LogP contribution in [0.4, 0.5) is 0 Å². The van der Waals surface area contributed by atoms with Gasteiger partial charge in [0.05, 0.1) is 24.6 Å². The van der Waals surface area contributed by atoms with E-state index in [2.05, 4.69) is 91.0 Å². The van der Waals surface area contributed by atoms with Crippen molar-refractivity contribution in [1.29, 1.82) is 0 Å². The van der Waals surface area contributed by atoms with E-state index in [0.717, 1.165) is 16.8 Å². The second kappa shape index (κ2) is 12.0. The summed E-state index contributed by atoms with van der Waals surface area (Å²) < 4.78 is 18.0. The number of nitrogens with zero attached hydrogens (tertiary/aromatic N) is 1. The summed E-state index contributed by atoms with van der Waals surface area (Å²) in [5.41, 5.74) is 3.38. The van der Waals surface area contributed by atoms with Gasteiger partial charge in [0.2, 0.25) is 0 Å². The first-order chi connectivity index (χ1) is 18.3. The summed E-state index contributed by atoms with van der Waals surface area (Å²) in [6.45, 7) is 7.70. The molecule has 0 atom stereocenters. The Kier molecular flexibility index (Phi) is 8.88. The lowest BCUT2D eigenvalue weighted by Gasteiger charge is -2.29. The standard InChI is InChI=1S/C32H33NO4P.ClH/c1-23-31(37-24(2)34)29-21-36-32(3,4)35-20-28(29)30(33-23)22-38(25-14-8-5-9-15-25,26-16-10-6-11-17-26)27-18-12-7-13-19-27;/h5-19H,20-22H2,1-4H3;1H/q+1;/p-1. The fourth-order valence-electron chi connectivity index (χ4n) is 5.11. The van der Waals surface area contributed by atoms with Gasteiger partial charge in [0.15, 0.2) is 11.5 Å². The molecule has 0 bridgehead atoms. The van der Waals surface area contributed by atoms with E-state index >= 15 is 0 Å². The van der Waals surface area contributed by atoms with Crippen molar-refractivity contribution >= 4 is 29.1 Å². The number of aryl methyl sites for hydroxylation is 1. The summed E-state index contributed by atoms with van der Waals surface area (Å²) in [5, 5.41) is 3.84. The summed E-state index contributed by atoms with van der Waals surface area (Å²) in [4.78, 5) is 17.1. The van der Waals surface area contributed by atoms with Crippen molar-refractivity contribution in [2.45, 2.75) is 52.9 Å². The summed E-state index contributed by atoms with van der Waals surface area (Å²) in [6, 6.07) is 32.2. The molecule has 5 rings (SSSR count). The molecule has 39 heavy (non-hydrogen) atoms. The highest BCUT2D eigenvalue weighted by Gasteiger charge is 2.47. The van der Waals surface area contributed by atoms with Gasteiger partial charge in [0.1, 0.15) is 29.3 Å². The lowest BCUT2D eigenvalue weighted by atomic mass is 10.1. The molecule has 7 heteroatoms. The number of fused-ring (bicyclic) bond motifs is 1. The van der Waals surface area contributed by atoms with Crippen LogP contribution in [0.15, 0.2) is 91.0 Å². The van der Waals surface area contributed by atoms with Crippen molar-refractivity contribution < 1.29 is 31.4 Å². The Labute approximate surface area is 237 Å². The molecule has 0 radical (unpaired) electrons. The zero-order valence-electron chi connectivity index (χ0n) is 22.7. The van der Waals surface area contributed by atoms with Crippen molar-refractivity contribution in [3.8, 4) is 5.75 Å². The van der Waals surface area contributed by atoms with Crippen LogP contribution < -0.4 is 33.1 Å². The van der Waals surface area contributed by atoms with Gasteiger partial charge in [-0.3, -0.25) is 4.79 Å². The average molecular weight is 562 g/mol. The van der Waals surface area contributed by atoms with Gasteiger partial charge in [0.25, 0.3) is 0 Å². The van der Waals surface area contributed by atoms with Crippen molar-refractivity contribution in [1.82, 2.24) is 4.98 Å². The number of ether oxygens (including phenoxy) is 3. The average Bonchev–Trinajstić information content (AvgIpc) is 3.09. The van der Waals surface area contributed by atoms with E-state index in [1.165, 1.54) is 22.8 Å². The number of hydrogen-bond donors (Lipinski definition) is 0. The van der Waals surface area contributed by atoms with Crippen LogP contribution >= 0.6 is 7.26 Å². The first kappa shape index (κ1) is 28.9. The van der Waals surface area contributed by atoms with E-state index in [1.807, 2.05) is 20.8 Å². The van der Waals surface area contributed by atoms with Crippen LogP contribution in [-0.4, -0.2) is 16.7 Å². The third-order valence-corrected chi connectivity index (χ3v) is 11.3. The first-order valence-electron chi connectivity index (χ1n) is 12.8. The second-order valence-corrected chi connectivity index (χ2v) is 13.5. The van der Waals surface area contributed by atoms with Gasteiger partial charge in [-0.2, -0.15) is 0 Å². The number of halogens is 1. The molecule has 1 aliphatic heterocycles. The van der Waals surface area contributed by atoms with Gasteiger partial charge in [-0.05, 0) is 57.2 Å². The molecular formula is C32H33ClNO4P. The quantitative estimate of drug-likeness (QED) is 0.268. The zero-order chi connectivity index (χ0) is 26.8. The maximum atomic E-state index is 12.0. The zero-order valence-corrected chi connectivity index (χ0v) is 24.3. The molecule has 1 aliphatic rings. The van der Waals surface area contributed by atoms with Gasteiger partial charge >= 0.3 is 5.97 Å². The molecule has 5 nitrogen and oxygen atoms in total. The Bertz CT molecular complexity index is 1330. The summed E-state index contributed by atoms with van der Waals surface area (Å²) in [7, 11) is -2.20. The van der Waals surface area contributed by atoms with Crippen LogP contribution in [0.25, 0.3) is 0 Å². The molecule has 0 amide bonds. The van der Waals surface area contributed by atoms with Crippen molar-refractivity contribution in [2.24, 2.45) is 0 Å². The molecule has 0 fully saturated rings. The van der Waals surface area contributed by atoms with E-state index in [1.54, 1.807) is 0 Å². The predicted octanol–water partition coefficient (Wildman–Crippen LogP) is 2.60. The summed E-state index contributed by atoms with van der Waals surface area (Å²) in [6.07, 6.45) is 0.693. The highest BCUT2D eigenvalue weighted by Crippen LogP contribution is 2.58.